The molecule has 1 saturated heterocycles. The predicted molar refractivity (Wildman–Crippen MR) is 120 cm³/mol. The van der Waals surface area contributed by atoms with Crippen LogP contribution >= 0.6 is 0 Å². The minimum Gasteiger partial charge on any atom is -0.504 e. The van der Waals surface area contributed by atoms with Crippen LogP contribution in [-0.2, 0) is 22.4 Å². The molecule has 1 aliphatic carbocycles. The van der Waals surface area contributed by atoms with E-state index in [1.54, 1.807) is 12.1 Å². The average molecular weight is 489 g/mol. The van der Waals surface area contributed by atoms with Gasteiger partial charge in [-0.25, -0.2) is 4.79 Å². The summed E-state index contributed by atoms with van der Waals surface area (Å²) in [6.07, 6.45) is -7.47. The van der Waals surface area contributed by atoms with Gasteiger partial charge in [-0.3, -0.25) is 0 Å². The molecule has 2 heterocycles. The molecule has 11 heteroatoms. The maximum atomic E-state index is 11.6. The summed E-state index contributed by atoms with van der Waals surface area (Å²) < 4.78 is 22.4. The molecule has 2 aromatic rings. The molecule has 0 bridgehead atoms. The minimum atomic E-state index is -1.84. The van der Waals surface area contributed by atoms with E-state index >= 15 is 0 Å². The maximum absolute atomic E-state index is 11.6. The normalized spacial score (nSPS) is 29.1. The third-order valence-corrected chi connectivity index (χ3v) is 6.87. The second-order valence-electron chi connectivity index (χ2n) is 8.85. The van der Waals surface area contributed by atoms with Gasteiger partial charge in [-0.15, -0.1) is 0 Å². The third-order valence-electron chi connectivity index (χ3n) is 6.87. The van der Waals surface area contributed by atoms with Gasteiger partial charge < -0.3 is 49.8 Å². The Bertz CT molecular complexity index is 1170. The number of phenols is 1. The number of hydrogen-bond acceptors (Lipinski definition) is 10. The molecule has 2 aliphatic heterocycles. The zero-order valence-electron chi connectivity index (χ0n) is 19.1. The number of methoxy groups -OCH3 is 2. The van der Waals surface area contributed by atoms with Crippen molar-refractivity contribution < 1.29 is 49.3 Å². The molecule has 6 atom stereocenters. The molecule has 11 nitrogen and oxygen atoms in total. The van der Waals surface area contributed by atoms with Gasteiger partial charge in [0.05, 0.1) is 14.2 Å². The molecule has 1 fully saturated rings. The lowest BCUT2D eigenvalue weighted by molar-refractivity contribution is -0.271. The SMILES string of the molecule is COc1cc2c(cc1O)C[C@@H]1NCCc3cc(OC)c(O[C@H]4O[C@@H](C(=O)O)[C@@H](O)[C@@H](O)[C@H]4O)c-2c31. The standard InChI is InChI=1S/C24H27NO10/c1-32-14-8-11-10(6-13(14)26)5-12-16-9(3-4-25-12)7-15(33-2)21(17(11)16)34-24-20(29)18(27)19(28)22(35-24)23(30)31/h6-8,12,18-20,22,24-29H,3-5H2,1-2H3,(H,30,31)/t12-,18+,19-,20+,22+,24-/m0/s1. The van der Waals surface area contributed by atoms with Crippen molar-refractivity contribution in [3.05, 3.63) is 34.9 Å². The van der Waals surface area contributed by atoms with Crippen molar-refractivity contribution in [1.29, 1.82) is 0 Å². The van der Waals surface area contributed by atoms with E-state index in [1.165, 1.54) is 14.2 Å². The van der Waals surface area contributed by atoms with E-state index in [1.807, 2.05) is 6.07 Å². The Kier molecular flexibility index (Phi) is 5.98. The van der Waals surface area contributed by atoms with Crippen LogP contribution in [0.2, 0.25) is 0 Å². The zero-order chi connectivity index (χ0) is 25.0. The van der Waals surface area contributed by atoms with E-state index in [-0.39, 0.29) is 23.3 Å². The summed E-state index contributed by atoms with van der Waals surface area (Å²) in [6, 6.07) is 5.07. The molecule has 35 heavy (non-hydrogen) atoms. The summed E-state index contributed by atoms with van der Waals surface area (Å²) in [6.45, 7) is 0.743. The molecule has 0 unspecified atom stereocenters. The van der Waals surface area contributed by atoms with Crippen molar-refractivity contribution >= 4 is 5.97 Å². The van der Waals surface area contributed by atoms with Gasteiger partial charge in [-0.05, 0) is 59.8 Å². The number of aliphatic hydroxyl groups is 3. The number of ether oxygens (including phenoxy) is 4. The van der Waals surface area contributed by atoms with E-state index in [2.05, 4.69) is 5.32 Å². The van der Waals surface area contributed by atoms with Crippen LogP contribution < -0.4 is 19.5 Å². The van der Waals surface area contributed by atoms with Crippen molar-refractivity contribution in [2.75, 3.05) is 20.8 Å². The lowest BCUT2D eigenvalue weighted by Crippen LogP contribution is -2.61. The number of carboxylic acid groups (broad SMARTS) is 1. The molecule has 188 valence electrons. The number of rotatable bonds is 5. The van der Waals surface area contributed by atoms with Crippen LogP contribution in [0.4, 0.5) is 0 Å². The van der Waals surface area contributed by atoms with Gasteiger partial charge in [-0.2, -0.15) is 0 Å². The van der Waals surface area contributed by atoms with E-state index < -0.39 is 36.7 Å². The number of aliphatic hydroxyl groups excluding tert-OH is 3. The van der Waals surface area contributed by atoms with Crippen LogP contribution in [0.15, 0.2) is 18.2 Å². The highest BCUT2D eigenvalue weighted by molar-refractivity contribution is 5.85. The Morgan fingerprint density at radius 2 is 1.77 bits per heavy atom. The summed E-state index contributed by atoms with van der Waals surface area (Å²) in [5.74, 6) is -0.769. The van der Waals surface area contributed by atoms with Crippen LogP contribution in [0.1, 0.15) is 22.7 Å². The predicted octanol–water partition coefficient (Wildman–Crippen LogP) is 0.0903. The molecular formula is C24H27NO10. The van der Waals surface area contributed by atoms with Gasteiger partial charge in [0.25, 0.3) is 0 Å². The summed E-state index contributed by atoms with van der Waals surface area (Å²) in [5, 5.41) is 54.1. The van der Waals surface area contributed by atoms with Crippen molar-refractivity contribution in [1.82, 2.24) is 5.32 Å². The Hall–Kier alpha value is -3.09. The van der Waals surface area contributed by atoms with Crippen molar-refractivity contribution in [3.8, 4) is 34.1 Å². The topological polar surface area (TPSA) is 167 Å². The number of aliphatic carboxylic acids is 1. The van der Waals surface area contributed by atoms with Crippen LogP contribution in [-0.4, -0.2) is 83.0 Å². The number of hydrogen-bond donors (Lipinski definition) is 6. The first-order chi connectivity index (χ1) is 16.7. The maximum Gasteiger partial charge on any atom is 0.335 e. The van der Waals surface area contributed by atoms with Gasteiger partial charge in [0.2, 0.25) is 6.29 Å². The van der Waals surface area contributed by atoms with E-state index in [9.17, 15) is 30.3 Å². The van der Waals surface area contributed by atoms with Gasteiger partial charge in [0.15, 0.2) is 29.1 Å². The van der Waals surface area contributed by atoms with Gasteiger partial charge in [0.1, 0.15) is 18.3 Å². The van der Waals surface area contributed by atoms with Gasteiger partial charge in [0, 0.05) is 11.6 Å². The van der Waals surface area contributed by atoms with Crippen molar-refractivity contribution in [2.45, 2.75) is 49.6 Å². The molecule has 0 aromatic heterocycles. The summed E-state index contributed by atoms with van der Waals surface area (Å²) in [7, 11) is 2.90. The third kappa shape index (κ3) is 3.76. The fourth-order valence-electron chi connectivity index (χ4n) is 5.17. The lowest BCUT2D eigenvalue weighted by atomic mass is 9.77. The van der Waals surface area contributed by atoms with E-state index in [4.69, 9.17) is 18.9 Å². The van der Waals surface area contributed by atoms with E-state index in [0.29, 0.717) is 23.3 Å². The number of fused-ring (bicyclic) bond motifs is 2. The highest BCUT2D eigenvalue weighted by Gasteiger charge is 2.49. The van der Waals surface area contributed by atoms with Crippen LogP contribution in [0.25, 0.3) is 11.1 Å². The zero-order valence-corrected chi connectivity index (χ0v) is 19.1. The highest BCUT2D eigenvalue weighted by atomic mass is 16.7. The molecule has 0 saturated carbocycles. The molecule has 5 rings (SSSR count). The Labute approximate surface area is 200 Å². The Balaban J connectivity index is 1.68. The number of carbonyl (C=O) groups is 1. The van der Waals surface area contributed by atoms with Gasteiger partial charge >= 0.3 is 5.97 Å². The number of benzene rings is 2. The number of carboxylic acids is 1. The Morgan fingerprint density at radius 1 is 1.03 bits per heavy atom. The first kappa shape index (κ1) is 23.6. The minimum absolute atomic E-state index is 0.0106. The molecule has 0 radical (unpaired) electrons. The largest absolute Gasteiger partial charge is 0.504 e. The molecule has 2 aromatic carbocycles. The fraction of sp³-hybridized carbons (Fsp3) is 0.458. The monoisotopic (exact) mass is 489 g/mol. The van der Waals surface area contributed by atoms with Gasteiger partial charge in [-0.1, -0.05) is 0 Å². The first-order valence-electron chi connectivity index (χ1n) is 11.2. The molecule has 3 aliphatic rings. The van der Waals surface area contributed by atoms with Crippen LogP contribution in [0.3, 0.4) is 0 Å². The second-order valence-corrected chi connectivity index (χ2v) is 8.85. The van der Waals surface area contributed by atoms with E-state index in [0.717, 1.165) is 29.7 Å². The highest BCUT2D eigenvalue weighted by Crippen LogP contribution is 2.53. The molecule has 0 spiro atoms. The number of aromatic hydroxyl groups is 1. The smallest absolute Gasteiger partial charge is 0.335 e. The van der Waals surface area contributed by atoms with Crippen molar-refractivity contribution in [3.63, 3.8) is 0 Å². The van der Waals surface area contributed by atoms with Crippen LogP contribution in [0, 0.1) is 0 Å². The van der Waals surface area contributed by atoms with Crippen LogP contribution in [0.5, 0.6) is 23.0 Å². The second kappa shape index (κ2) is 8.85. The lowest BCUT2D eigenvalue weighted by Gasteiger charge is -2.40. The first-order valence-corrected chi connectivity index (χ1v) is 11.2. The molecule has 0 amide bonds. The summed E-state index contributed by atoms with van der Waals surface area (Å²) >= 11 is 0. The van der Waals surface area contributed by atoms with Crippen molar-refractivity contribution in [2.24, 2.45) is 0 Å². The Morgan fingerprint density at radius 3 is 2.46 bits per heavy atom. The summed E-state index contributed by atoms with van der Waals surface area (Å²) in [4.78, 5) is 11.6. The average Bonchev–Trinajstić information content (AvgIpc) is 2.84. The summed E-state index contributed by atoms with van der Waals surface area (Å²) in [5.41, 5.74) is 4.15. The molecule has 6 N–H and O–H groups in total. The fourth-order valence-corrected chi connectivity index (χ4v) is 5.17. The molecular weight excluding hydrogens is 462 g/mol. The number of nitrogens with one attached hydrogen (secondary N) is 1. The number of phenolic OH excluding ortho intramolecular Hbond substituents is 1. The quantitative estimate of drug-likeness (QED) is 0.337.